The molecule has 23 heavy (non-hydrogen) atoms. The van der Waals surface area contributed by atoms with E-state index in [9.17, 15) is 8.78 Å². The van der Waals surface area contributed by atoms with Gasteiger partial charge in [0.25, 0.3) is 6.43 Å². The third-order valence-corrected chi connectivity index (χ3v) is 5.57. The largest absolute Gasteiger partial charge is 0.307 e. The van der Waals surface area contributed by atoms with E-state index in [0.717, 1.165) is 32.4 Å². The van der Waals surface area contributed by atoms with E-state index in [4.69, 9.17) is 0 Å². The summed E-state index contributed by atoms with van der Waals surface area (Å²) in [6.07, 6.45) is 2.03. The summed E-state index contributed by atoms with van der Waals surface area (Å²) < 4.78 is 25.0. The van der Waals surface area contributed by atoms with Crippen LogP contribution in [-0.4, -0.2) is 37.0 Å². The van der Waals surface area contributed by atoms with Crippen molar-refractivity contribution in [3.8, 4) is 0 Å². The van der Waals surface area contributed by atoms with Crippen LogP contribution in [0.25, 0.3) is 0 Å². The Morgan fingerprint density at radius 3 is 2.61 bits per heavy atom. The Labute approximate surface area is 138 Å². The zero-order chi connectivity index (χ0) is 16.4. The first-order chi connectivity index (χ1) is 11.0. The van der Waals surface area contributed by atoms with Crippen LogP contribution in [0.4, 0.5) is 8.78 Å². The maximum atomic E-state index is 12.5. The molecule has 1 aliphatic carbocycles. The molecule has 1 aliphatic heterocycles. The van der Waals surface area contributed by atoms with Gasteiger partial charge in [-0.25, -0.2) is 8.78 Å². The maximum absolute atomic E-state index is 12.5. The normalized spacial score (nSPS) is 25.5. The highest BCUT2D eigenvalue weighted by Gasteiger charge is 2.37. The Hall–Kier alpha value is -1.00. The van der Waals surface area contributed by atoms with Gasteiger partial charge >= 0.3 is 0 Å². The second-order valence-corrected chi connectivity index (χ2v) is 7.75. The number of fused-ring (bicyclic) bond motifs is 1. The van der Waals surface area contributed by atoms with Crippen LogP contribution >= 0.6 is 0 Å². The maximum Gasteiger partial charge on any atom is 0.251 e. The van der Waals surface area contributed by atoms with Crippen molar-refractivity contribution in [1.82, 2.24) is 10.2 Å². The predicted octanol–water partition coefficient (Wildman–Crippen LogP) is 4.02. The van der Waals surface area contributed by atoms with Crippen molar-refractivity contribution < 1.29 is 8.78 Å². The molecule has 1 heterocycles. The topological polar surface area (TPSA) is 15.3 Å². The number of benzene rings is 1. The first kappa shape index (κ1) is 16.8. The van der Waals surface area contributed by atoms with E-state index in [-0.39, 0.29) is 12.0 Å². The minimum Gasteiger partial charge on any atom is -0.307 e. The molecule has 0 spiro atoms. The summed E-state index contributed by atoms with van der Waals surface area (Å²) in [6.45, 7) is 6.15. The summed E-state index contributed by atoms with van der Waals surface area (Å²) in [5, 5.41) is 3.86. The fourth-order valence-corrected chi connectivity index (χ4v) is 4.09. The zero-order valence-corrected chi connectivity index (χ0v) is 14.2. The number of hydrogen-bond acceptors (Lipinski definition) is 2. The SMILES string of the molecule is CC1(C)CCc2ccccc2C1NC1CCN(CC(F)F)CC1. The van der Waals surface area contributed by atoms with Crippen LogP contribution in [0.3, 0.4) is 0 Å². The summed E-state index contributed by atoms with van der Waals surface area (Å²) in [5.74, 6) is 0. The van der Waals surface area contributed by atoms with Crippen LogP contribution in [0.2, 0.25) is 0 Å². The lowest BCUT2D eigenvalue weighted by Crippen LogP contribution is -2.48. The molecule has 0 radical (unpaired) electrons. The van der Waals surface area contributed by atoms with Gasteiger partial charge in [0, 0.05) is 12.1 Å². The molecular weight excluding hydrogens is 294 g/mol. The molecule has 1 aromatic carbocycles. The Bertz CT molecular complexity index is 522. The smallest absolute Gasteiger partial charge is 0.251 e. The van der Waals surface area contributed by atoms with Crippen LogP contribution in [0, 0.1) is 5.41 Å². The first-order valence-electron chi connectivity index (χ1n) is 8.80. The standard InChI is InChI=1S/C19H28F2N2/c1-19(2)10-7-14-5-3-4-6-16(14)18(19)22-15-8-11-23(12-9-15)13-17(20)21/h3-6,15,17-18,22H,7-13H2,1-2H3. The van der Waals surface area contributed by atoms with Crippen molar-refractivity contribution in [3.63, 3.8) is 0 Å². The predicted molar refractivity (Wildman–Crippen MR) is 89.9 cm³/mol. The van der Waals surface area contributed by atoms with Gasteiger partial charge in [0.15, 0.2) is 0 Å². The third kappa shape index (κ3) is 3.92. The third-order valence-electron chi connectivity index (χ3n) is 5.57. The number of nitrogens with one attached hydrogen (secondary N) is 1. The van der Waals surface area contributed by atoms with Crippen LogP contribution in [0.5, 0.6) is 0 Å². The van der Waals surface area contributed by atoms with Gasteiger partial charge in [-0.1, -0.05) is 38.1 Å². The van der Waals surface area contributed by atoms with Gasteiger partial charge in [0.2, 0.25) is 0 Å². The first-order valence-corrected chi connectivity index (χ1v) is 8.80. The average molecular weight is 322 g/mol. The van der Waals surface area contributed by atoms with Gasteiger partial charge in [0.05, 0.1) is 6.54 Å². The minimum atomic E-state index is -2.22. The molecule has 1 atom stereocenters. The number of alkyl halides is 2. The molecule has 4 heteroatoms. The van der Waals surface area contributed by atoms with Gasteiger partial charge in [0.1, 0.15) is 0 Å². The van der Waals surface area contributed by atoms with Crippen molar-refractivity contribution in [2.45, 2.75) is 58.0 Å². The van der Waals surface area contributed by atoms with E-state index in [1.165, 1.54) is 17.5 Å². The average Bonchev–Trinajstić information content (AvgIpc) is 2.51. The zero-order valence-electron chi connectivity index (χ0n) is 14.2. The van der Waals surface area contributed by atoms with E-state index in [1.54, 1.807) is 0 Å². The molecule has 1 saturated heterocycles. The molecule has 1 aromatic rings. The summed E-state index contributed by atoms with van der Waals surface area (Å²) in [5.41, 5.74) is 3.12. The van der Waals surface area contributed by atoms with Crippen molar-refractivity contribution >= 4 is 0 Å². The van der Waals surface area contributed by atoms with E-state index in [0.29, 0.717) is 12.1 Å². The van der Waals surface area contributed by atoms with Gasteiger partial charge in [-0.05, 0) is 55.3 Å². The highest BCUT2D eigenvalue weighted by Crippen LogP contribution is 2.43. The molecule has 3 rings (SSSR count). The number of hydrogen-bond donors (Lipinski definition) is 1. The second-order valence-electron chi connectivity index (χ2n) is 7.75. The molecular formula is C19H28F2N2. The number of aryl methyl sites for hydroxylation is 1. The highest BCUT2D eigenvalue weighted by atomic mass is 19.3. The molecule has 1 unspecified atom stereocenters. The van der Waals surface area contributed by atoms with Gasteiger partial charge in [-0.3, -0.25) is 4.90 Å². The van der Waals surface area contributed by atoms with E-state index in [2.05, 4.69) is 43.4 Å². The van der Waals surface area contributed by atoms with Gasteiger partial charge in [-0.15, -0.1) is 0 Å². The molecule has 2 aliphatic rings. The summed E-state index contributed by atoms with van der Waals surface area (Å²) in [4.78, 5) is 1.89. The minimum absolute atomic E-state index is 0.0789. The van der Waals surface area contributed by atoms with Crippen molar-refractivity contribution in [2.75, 3.05) is 19.6 Å². The Kier molecular flexibility index (Phi) is 5.02. The molecule has 2 nitrogen and oxygen atoms in total. The van der Waals surface area contributed by atoms with Crippen LogP contribution in [-0.2, 0) is 6.42 Å². The molecule has 0 bridgehead atoms. The number of rotatable bonds is 4. The molecule has 0 aromatic heterocycles. The molecule has 1 N–H and O–H groups in total. The van der Waals surface area contributed by atoms with Crippen molar-refractivity contribution in [2.24, 2.45) is 5.41 Å². The van der Waals surface area contributed by atoms with E-state index < -0.39 is 6.43 Å². The lowest BCUT2D eigenvalue weighted by molar-refractivity contribution is 0.0685. The summed E-state index contributed by atoms with van der Waals surface area (Å²) >= 11 is 0. The molecule has 128 valence electrons. The van der Waals surface area contributed by atoms with Crippen LogP contribution < -0.4 is 5.32 Å². The van der Waals surface area contributed by atoms with Crippen molar-refractivity contribution in [3.05, 3.63) is 35.4 Å². The summed E-state index contributed by atoms with van der Waals surface area (Å²) in [6, 6.07) is 9.53. The Balaban J connectivity index is 1.65. The quantitative estimate of drug-likeness (QED) is 0.901. The van der Waals surface area contributed by atoms with E-state index in [1.807, 2.05) is 4.90 Å². The lowest BCUT2D eigenvalue weighted by atomic mass is 9.70. The number of nitrogens with zero attached hydrogens (tertiary/aromatic N) is 1. The van der Waals surface area contributed by atoms with Crippen LogP contribution in [0.15, 0.2) is 24.3 Å². The second kappa shape index (κ2) is 6.86. The van der Waals surface area contributed by atoms with Gasteiger partial charge < -0.3 is 5.32 Å². The Morgan fingerprint density at radius 1 is 1.22 bits per heavy atom. The monoisotopic (exact) mass is 322 g/mol. The summed E-state index contributed by atoms with van der Waals surface area (Å²) in [7, 11) is 0. The molecule has 1 fully saturated rings. The fourth-order valence-electron chi connectivity index (χ4n) is 4.09. The van der Waals surface area contributed by atoms with Gasteiger partial charge in [-0.2, -0.15) is 0 Å². The number of piperidine rings is 1. The van der Waals surface area contributed by atoms with E-state index >= 15 is 0 Å². The fraction of sp³-hybridized carbons (Fsp3) is 0.684. The van der Waals surface area contributed by atoms with Crippen molar-refractivity contribution in [1.29, 1.82) is 0 Å². The highest BCUT2D eigenvalue weighted by molar-refractivity contribution is 5.34. The van der Waals surface area contributed by atoms with Crippen LogP contribution in [0.1, 0.15) is 50.3 Å². The molecule has 0 saturated carbocycles. The molecule has 0 amide bonds. The number of likely N-dealkylation sites (tertiary alicyclic amines) is 1. The number of halogens is 2. The lowest BCUT2D eigenvalue weighted by Gasteiger charge is -2.44. The Morgan fingerprint density at radius 2 is 1.91 bits per heavy atom.